The molecular weight excluding hydrogens is 543 g/mol. The van der Waals surface area contributed by atoms with Crippen molar-refractivity contribution in [1.29, 1.82) is 0 Å². The summed E-state index contributed by atoms with van der Waals surface area (Å²) < 4.78 is 0. The number of halogens is 2. The van der Waals surface area contributed by atoms with Gasteiger partial charge in [0.15, 0.2) is 0 Å². The molecule has 0 aliphatic carbocycles. The van der Waals surface area contributed by atoms with Gasteiger partial charge in [0, 0.05) is 0 Å². The Morgan fingerprint density at radius 2 is 1.32 bits per heavy atom. The van der Waals surface area contributed by atoms with Crippen LogP contribution < -0.4 is 4.90 Å². The number of rotatable bonds is 2. The Hall–Kier alpha value is -2.59. The maximum absolute atomic E-state index is 4.89. The summed E-state index contributed by atoms with van der Waals surface area (Å²) in [5.41, 5.74) is 8.93. The minimum absolute atomic E-state index is 0. The Bertz CT molecular complexity index is 1310. The van der Waals surface area contributed by atoms with Crippen molar-refractivity contribution in [2.24, 2.45) is 0 Å². The second kappa shape index (κ2) is 17.8. The maximum atomic E-state index is 4.89. The Morgan fingerprint density at radius 3 is 1.79 bits per heavy atom. The van der Waals surface area contributed by atoms with Gasteiger partial charge in [0.05, 0.1) is 0 Å². The van der Waals surface area contributed by atoms with Crippen molar-refractivity contribution in [3.05, 3.63) is 145 Å². The summed E-state index contributed by atoms with van der Waals surface area (Å²) in [6, 6.07) is 38.5. The summed E-state index contributed by atoms with van der Waals surface area (Å²) in [5.74, 6) is 0. The molecule has 2 N–H and O–H groups in total. The minimum Gasteiger partial charge on any atom is -0.693 e. The molecule has 5 heteroatoms. The fourth-order valence-electron chi connectivity index (χ4n) is 3.83. The third-order valence-electron chi connectivity index (χ3n) is 5.93. The van der Waals surface area contributed by atoms with Crippen molar-refractivity contribution >= 4 is 35.1 Å². The van der Waals surface area contributed by atoms with Crippen molar-refractivity contribution in [2.45, 2.75) is 20.8 Å². The van der Waals surface area contributed by atoms with Gasteiger partial charge < -0.3 is 11.1 Å². The van der Waals surface area contributed by atoms with Crippen LogP contribution in [0.1, 0.15) is 22.3 Å². The average Bonchev–Trinajstić information content (AvgIpc) is 3.30. The van der Waals surface area contributed by atoms with E-state index >= 15 is 0 Å². The number of fused-ring (bicyclic) bond motifs is 1. The Morgan fingerprint density at radius 1 is 0.789 bits per heavy atom. The minimum atomic E-state index is -0.556. The average molecular weight is 579 g/mol. The van der Waals surface area contributed by atoms with Gasteiger partial charge in [-0.1, -0.05) is 86.3 Å². The topological polar surface area (TPSA) is 36.7 Å². The monoisotopic (exact) mass is 578 g/mol. The van der Waals surface area contributed by atoms with E-state index < -0.39 is 17.0 Å². The van der Waals surface area contributed by atoms with Crippen LogP contribution in [0.3, 0.4) is 0 Å². The van der Waals surface area contributed by atoms with Crippen LogP contribution in [0, 0.1) is 33.8 Å². The maximum Gasteiger partial charge on any atom is -0.693 e. The second-order valence-electron chi connectivity index (χ2n) is 8.72. The van der Waals surface area contributed by atoms with Crippen molar-refractivity contribution in [3.8, 4) is 11.1 Å². The van der Waals surface area contributed by atoms with E-state index in [4.69, 9.17) is 18.6 Å². The molecule has 5 aromatic rings. The molecule has 0 unspecified atom stereocenters. The van der Waals surface area contributed by atoms with Gasteiger partial charge in [0.1, 0.15) is 0 Å². The Kier molecular flexibility index (Phi) is 15.7. The SMILES string of the molecule is CN(C)c1c(-c2ccccc2)[cH-]c2ccccc12.Cc1[c-]ccc(C)c1C.[CH2-]c1ccccc1.[Cl][Ti+4][Cl].[NH2-]. The Balaban J connectivity index is 0.000000303. The summed E-state index contributed by atoms with van der Waals surface area (Å²) in [6.07, 6.45) is 0. The predicted octanol–water partition coefficient (Wildman–Crippen LogP) is 10.7. The molecule has 5 aromatic carbocycles. The number of hydrogen-bond donors (Lipinski definition) is 0. The fourth-order valence-corrected chi connectivity index (χ4v) is 3.83. The van der Waals surface area contributed by atoms with Crippen molar-refractivity contribution in [3.63, 3.8) is 0 Å². The molecule has 38 heavy (non-hydrogen) atoms. The zero-order valence-corrected chi connectivity index (χ0v) is 25.9. The van der Waals surface area contributed by atoms with E-state index in [9.17, 15) is 0 Å². The summed E-state index contributed by atoms with van der Waals surface area (Å²) in [7, 11) is 14.0. The van der Waals surface area contributed by atoms with Gasteiger partial charge in [-0.05, 0) is 19.8 Å². The van der Waals surface area contributed by atoms with E-state index in [1.807, 2.05) is 36.4 Å². The molecule has 0 saturated heterocycles. The van der Waals surface area contributed by atoms with Crippen molar-refractivity contribution in [1.82, 2.24) is 0 Å². The summed E-state index contributed by atoms with van der Waals surface area (Å²) >= 11 is -0.556. The molecule has 0 atom stereocenters. The zero-order valence-electron chi connectivity index (χ0n) is 22.8. The van der Waals surface area contributed by atoms with Crippen LogP contribution in [0.5, 0.6) is 0 Å². The van der Waals surface area contributed by atoms with Crippen LogP contribution in [-0.4, -0.2) is 14.1 Å². The molecule has 0 saturated carbocycles. The third-order valence-corrected chi connectivity index (χ3v) is 5.93. The van der Waals surface area contributed by atoms with Gasteiger partial charge in [-0.2, -0.15) is 59.5 Å². The van der Waals surface area contributed by atoms with Crippen molar-refractivity contribution in [2.75, 3.05) is 19.0 Å². The van der Waals surface area contributed by atoms with Gasteiger partial charge in [-0.3, -0.25) is 0 Å². The largest absolute Gasteiger partial charge is 0.693 e. The number of hydrogen-bond acceptors (Lipinski definition) is 1. The first-order chi connectivity index (χ1) is 17.8. The molecule has 0 amide bonds. The van der Waals surface area contributed by atoms with E-state index in [0.29, 0.717) is 0 Å². The third kappa shape index (κ3) is 10.3. The molecule has 0 spiro atoms. The smallest absolute Gasteiger partial charge is 0.693 e. The molecule has 0 bridgehead atoms. The molecule has 2 nitrogen and oxygen atoms in total. The molecule has 0 heterocycles. The quantitative estimate of drug-likeness (QED) is 0.151. The standard InChI is InChI=1S/C17H16N.C9H11.C7H7.2ClH.H2N.Ti/c1-18(2)17-15-11-7-6-10-14(15)12-16(17)13-8-4-3-5-9-13;1-7-5-4-6-8(2)9(7)3;1-7-5-3-2-4-6-7;;;;/h3-12H,1-2H3;4-5H,1-3H3;2-6H,1H2;2*1H;1H2;/q3*-1;;;-1;+6/p-2. The number of nitrogens with zero attached hydrogens (tertiary/aromatic N) is 1. The fraction of sp³-hybridized carbons (Fsp3) is 0.152. The van der Waals surface area contributed by atoms with Crippen molar-refractivity contribution < 1.29 is 17.0 Å². The van der Waals surface area contributed by atoms with Crippen LogP contribution in [0.15, 0.2) is 103 Å². The first-order valence-corrected chi connectivity index (χ1v) is 16.3. The van der Waals surface area contributed by atoms with Gasteiger partial charge >= 0.3 is 35.6 Å². The predicted molar refractivity (Wildman–Crippen MR) is 167 cm³/mol. The molecule has 0 radical (unpaired) electrons. The van der Waals surface area contributed by atoms with Gasteiger partial charge in [-0.25, -0.2) is 0 Å². The van der Waals surface area contributed by atoms with Crippen LogP contribution in [-0.2, 0) is 17.0 Å². The molecule has 0 aliphatic rings. The van der Waals surface area contributed by atoms with E-state index in [1.54, 1.807) is 0 Å². The Labute approximate surface area is 246 Å². The van der Waals surface area contributed by atoms with E-state index in [-0.39, 0.29) is 6.15 Å². The van der Waals surface area contributed by atoms with Gasteiger partial charge in [0.2, 0.25) is 0 Å². The number of aryl methyl sites for hydroxylation is 2. The van der Waals surface area contributed by atoms with Gasteiger partial charge in [0.25, 0.3) is 0 Å². The molecule has 5 rings (SSSR count). The molecule has 0 fully saturated rings. The summed E-state index contributed by atoms with van der Waals surface area (Å²) in [6.45, 7) is 10.1. The van der Waals surface area contributed by atoms with Gasteiger partial charge in [-0.15, -0.1) is 35.2 Å². The normalized spacial score (nSPS) is 9.55. The number of nitrogens with two attached hydrogens (primary N) is 1. The molecule has 0 aliphatic heterocycles. The van der Waals surface area contributed by atoms with E-state index in [0.717, 1.165) is 5.56 Å². The second-order valence-corrected chi connectivity index (χ2v) is 11.3. The van der Waals surface area contributed by atoms with E-state index in [2.05, 4.69) is 119 Å². The first kappa shape index (κ1) is 33.4. The number of anilines is 1. The number of benzene rings is 4. The van der Waals surface area contributed by atoms with Crippen LogP contribution in [0.4, 0.5) is 5.69 Å². The summed E-state index contributed by atoms with van der Waals surface area (Å²) in [5, 5.41) is 2.63. The summed E-state index contributed by atoms with van der Waals surface area (Å²) in [4.78, 5) is 2.20. The first-order valence-electron chi connectivity index (χ1n) is 12.0. The van der Waals surface area contributed by atoms with Crippen LogP contribution in [0.25, 0.3) is 28.0 Å². The molecular formula is C33H36Cl2N2Ti. The molecule has 196 valence electrons. The molecule has 0 aromatic heterocycles. The zero-order chi connectivity index (χ0) is 27.2. The van der Waals surface area contributed by atoms with Crippen LogP contribution >= 0.6 is 18.6 Å². The van der Waals surface area contributed by atoms with Crippen LogP contribution in [0.2, 0.25) is 0 Å². The van der Waals surface area contributed by atoms with E-state index in [1.165, 1.54) is 44.3 Å².